The fourth-order valence-electron chi connectivity index (χ4n) is 4.38. The molecular formula is C21H29N5O2. The third-order valence-corrected chi connectivity index (χ3v) is 6.07. The molecule has 2 aliphatic heterocycles. The number of hydrogen-bond acceptors (Lipinski definition) is 5. The summed E-state index contributed by atoms with van der Waals surface area (Å²) in [7, 11) is 3.53. The minimum atomic E-state index is -0.0727. The highest BCUT2D eigenvalue weighted by molar-refractivity contribution is 5.82. The van der Waals surface area contributed by atoms with Crippen molar-refractivity contribution in [3.63, 3.8) is 0 Å². The summed E-state index contributed by atoms with van der Waals surface area (Å²) in [5.41, 5.74) is 2.24. The Morgan fingerprint density at radius 3 is 3.00 bits per heavy atom. The van der Waals surface area contributed by atoms with E-state index in [1.54, 1.807) is 7.11 Å². The van der Waals surface area contributed by atoms with Crippen molar-refractivity contribution in [3.05, 3.63) is 42.2 Å². The van der Waals surface area contributed by atoms with Crippen molar-refractivity contribution in [2.45, 2.75) is 31.8 Å². The summed E-state index contributed by atoms with van der Waals surface area (Å²) in [4.78, 5) is 14.8. The van der Waals surface area contributed by atoms with Crippen molar-refractivity contribution in [3.8, 4) is 11.4 Å². The number of ether oxygens (including phenoxy) is 1. The molecular weight excluding hydrogens is 354 g/mol. The lowest BCUT2D eigenvalue weighted by atomic mass is 9.77. The second-order valence-electron chi connectivity index (χ2n) is 8.08. The van der Waals surface area contributed by atoms with Gasteiger partial charge in [-0.1, -0.05) is 6.07 Å². The minimum absolute atomic E-state index is 0.0727. The van der Waals surface area contributed by atoms with Crippen LogP contribution in [0.3, 0.4) is 0 Å². The summed E-state index contributed by atoms with van der Waals surface area (Å²) in [6.45, 7) is 3.62. The van der Waals surface area contributed by atoms with E-state index in [2.05, 4.69) is 15.7 Å². The monoisotopic (exact) mass is 383 g/mol. The summed E-state index contributed by atoms with van der Waals surface area (Å²) in [6.07, 6.45) is 7.04. The number of piperidine rings is 1. The van der Waals surface area contributed by atoms with Crippen LogP contribution in [0.1, 0.15) is 24.8 Å². The first-order chi connectivity index (χ1) is 13.6. The molecule has 4 rings (SSSR count). The third-order valence-electron chi connectivity index (χ3n) is 6.07. The average Bonchev–Trinajstić information content (AvgIpc) is 3.36. The van der Waals surface area contributed by atoms with Crippen LogP contribution in [-0.2, 0) is 11.3 Å². The molecule has 3 heterocycles. The van der Waals surface area contributed by atoms with E-state index in [4.69, 9.17) is 4.74 Å². The fraction of sp³-hybridized carbons (Fsp3) is 0.524. The van der Waals surface area contributed by atoms with E-state index in [9.17, 15) is 4.79 Å². The summed E-state index contributed by atoms with van der Waals surface area (Å²) in [5.74, 6) is 0.963. The maximum absolute atomic E-state index is 12.9. The summed E-state index contributed by atoms with van der Waals surface area (Å²) < 4.78 is 7.09. The van der Waals surface area contributed by atoms with Crippen molar-refractivity contribution >= 4 is 5.91 Å². The number of aromatic nitrogens is 2. The molecule has 1 atom stereocenters. The van der Waals surface area contributed by atoms with Crippen molar-refractivity contribution in [1.82, 2.24) is 25.3 Å². The Morgan fingerprint density at radius 2 is 2.21 bits per heavy atom. The number of hydrogen-bond donors (Lipinski definition) is 2. The van der Waals surface area contributed by atoms with E-state index >= 15 is 0 Å². The minimum Gasteiger partial charge on any atom is -0.497 e. The van der Waals surface area contributed by atoms with Gasteiger partial charge in [0.25, 0.3) is 0 Å². The lowest BCUT2D eigenvalue weighted by Crippen LogP contribution is -2.41. The SMILES string of the molecule is COc1cccc(-n2cc(CN(C)C(=O)[C@@H]3CC4(CCNCC4)CN3)cn2)c1. The Morgan fingerprint density at radius 1 is 1.39 bits per heavy atom. The van der Waals surface area contributed by atoms with E-state index in [0.717, 1.165) is 55.9 Å². The molecule has 0 unspecified atom stereocenters. The lowest BCUT2D eigenvalue weighted by molar-refractivity contribution is -0.132. The van der Waals surface area contributed by atoms with Gasteiger partial charge in [-0.2, -0.15) is 5.10 Å². The zero-order valence-electron chi connectivity index (χ0n) is 16.6. The van der Waals surface area contributed by atoms with Crippen LogP contribution in [0, 0.1) is 5.41 Å². The molecule has 2 N–H and O–H groups in total. The second kappa shape index (κ2) is 7.93. The molecule has 1 aromatic heterocycles. The van der Waals surface area contributed by atoms with Gasteiger partial charge in [-0.25, -0.2) is 4.68 Å². The smallest absolute Gasteiger partial charge is 0.239 e. The maximum atomic E-state index is 12.9. The maximum Gasteiger partial charge on any atom is 0.239 e. The van der Waals surface area contributed by atoms with Crippen LogP contribution in [0.4, 0.5) is 0 Å². The van der Waals surface area contributed by atoms with Gasteiger partial charge in [0, 0.05) is 38.0 Å². The second-order valence-corrected chi connectivity index (χ2v) is 8.08. The Hall–Kier alpha value is -2.38. The molecule has 2 aromatic rings. The number of nitrogens with one attached hydrogen (secondary N) is 2. The molecule has 0 saturated carbocycles. The molecule has 0 aliphatic carbocycles. The number of nitrogens with zero attached hydrogens (tertiary/aromatic N) is 3. The van der Waals surface area contributed by atoms with Gasteiger partial charge in [0.1, 0.15) is 5.75 Å². The summed E-state index contributed by atoms with van der Waals surface area (Å²) >= 11 is 0. The standard InChI is InChI=1S/C21H29N5O2/c1-25(20(27)19-11-21(15-23-19)6-8-22-9-7-21)13-16-12-24-26(14-16)17-4-3-5-18(10-17)28-2/h3-5,10,12,14,19,22-23H,6-9,11,13,15H2,1-2H3/t19-/m0/s1. The van der Waals surface area contributed by atoms with E-state index in [0.29, 0.717) is 12.0 Å². The van der Waals surface area contributed by atoms with Crippen LogP contribution >= 0.6 is 0 Å². The van der Waals surface area contributed by atoms with Gasteiger partial charge in [0.2, 0.25) is 5.91 Å². The fourth-order valence-corrected chi connectivity index (χ4v) is 4.38. The Kier molecular flexibility index (Phi) is 5.37. The molecule has 2 fully saturated rings. The molecule has 1 aromatic carbocycles. The van der Waals surface area contributed by atoms with Gasteiger partial charge < -0.3 is 20.3 Å². The Balaban J connectivity index is 1.38. The number of likely N-dealkylation sites (N-methyl/N-ethyl adjacent to an activating group) is 1. The number of methoxy groups -OCH3 is 1. The van der Waals surface area contributed by atoms with Crippen LogP contribution in [0.2, 0.25) is 0 Å². The van der Waals surface area contributed by atoms with Crippen LogP contribution in [0.15, 0.2) is 36.7 Å². The summed E-state index contributed by atoms with van der Waals surface area (Å²) in [5, 5.41) is 11.3. The van der Waals surface area contributed by atoms with E-state index < -0.39 is 0 Å². The van der Waals surface area contributed by atoms with Crippen molar-refractivity contribution in [2.24, 2.45) is 5.41 Å². The topological polar surface area (TPSA) is 71.4 Å². The number of amides is 1. The highest BCUT2D eigenvalue weighted by Crippen LogP contribution is 2.37. The lowest BCUT2D eigenvalue weighted by Gasteiger charge is -2.33. The Bertz CT molecular complexity index is 828. The molecule has 1 spiro atoms. The molecule has 2 saturated heterocycles. The van der Waals surface area contributed by atoms with E-state index in [1.807, 2.05) is 53.3 Å². The molecule has 0 bridgehead atoms. The van der Waals surface area contributed by atoms with Gasteiger partial charge in [-0.15, -0.1) is 0 Å². The van der Waals surface area contributed by atoms with Crippen LogP contribution in [-0.4, -0.2) is 60.4 Å². The molecule has 150 valence electrons. The predicted molar refractivity (Wildman–Crippen MR) is 108 cm³/mol. The largest absolute Gasteiger partial charge is 0.497 e. The normalized spacial score (nSPS) is 21.0. The van der Waals surface area contributed by atoms with Crippen molar-refractivity contribution in [1.29, 1.82) is 0 Å². The first kappa shape index (κ1) is 19.0. The highest BCUT2D eigenvalue weighted by atomic mass is 16.5. The first-order valence-corrected chi connectivity index (χ1v) is 9.96. The third kappa shape index (κ3) is 3.91. The molecule has 7 heteroatoms. The highest BCUT2D eigenvalue weighted by Gasteiger charge is 2.42. The summed E-state index contributed by atoms with van der Waals surface area (Å²) in [6, 6.07) is 7.69. The van der Waals surface area contributed by atoms with Crippen LogP contribution in [0.25, 0.3) is 5.69 Å². The van der Waals surface area contributed by atoms with E-state index in [1.165, 1.54) is 0 Å². The molecule has 7 nitrogen and oxygen atoms in total. The quantitative estimate of drug-likeness (QED) is 0.820. The van der Waals surface area contributed by atoms with Crippen molar-refractivity contribution in [2.75, 3.05) is 33.8 Å². The van der Waals surface area contributed by atoms with Crippen LogP contribution in [0.5, 0.6) is 5.75 Å². The predicted octanol–water partition coefficient (Wildman–Crippen LogP) is 1.57. The van der Waals surface area contributed by atoms with E-state index in [-0.39, 0.29) is 11.9 Å². The number of rotatable bonds is 5. The molecule has 2 aliphatic rings. The average molecular weight is 383 g/mol. The first-order valence-electron chi connectivity index (χ1n) is 9.96. The number of benzene rings is 1. The van der Waals surface area contributed by atoms with Gasteiger partial charge >= 0.3 is 0 Å². The number of carbonyl (C=O) groups excluding carboxylic acids is 1. The van der Waals surface area contributed by atoms with Gasteiger partial charge in [0.15, 0.2) is 0 Å². The molecule has 0 radical (unpaired) electrons. The van der Waals surface area contributed by atoms with Gasteiger partial charge in [-0.3, -0.25) is 4.79 Å². The zero-order valence-corrected chi connectivity index (χ0v) is 16.6. The molecule has 1 amide bonds. The number of carbonyl (C=O) groups is 1. The molecule has 28 heavy (non-hydrogen) atoms. The van der Waals surface area contributed by atoms with Crippen LogP contribution < -0.4 is 15.4 Å². The zero-order chi connectivity index (χ0) is 19.6. The van der Waals surface area contributed by atoms with Gasteiger partial charge in [0.05, 0.1) is 25.0 Å². The Labute approximate surface area is 166 Å². The van der Waals surface area contributed by atoms with Crippen molar-refractivity contribution < 1.29 is 9.53 Å². The van der Waals surface area contributed by atoms with Gasteiger partial charge in [-0.05, 0) is 49.9 Å².